The van der Waals surface area contributed by atoms with Gasteiger partial charge in [0.05, 0.1) is 29.0 Å². The molecule has 1 aliphatic heterocycles. The molecule has 2 N–H and O–H groups in total. The summed E-state index contributed by atoms with van der Waals surface area (Å²) in [5.41, 5.74) is 0. The number of aliphatic imine (C=N–C) groups is 1. The Kier molecular flexibility index (Phi) is 18.1. The van der Waals surface area contributed by atoms with Gasteiger partial charge in [0.25, 0.3) is 5.84 Å². The molecule has 0 saturated carbocycles. The normalized spacial score (nSPS) is 19.5. The van der Waals surface area contributed by atoms with Crippen LogP contribution in [0, 0.1) is 0 Å². The van der Waals surface area contributed by atoms with Crippen LogP contribution in [0.3, 0.4) is 0 Å². The monoisotopic (exact) mass is 497 g/mol. The Hall–Kier alpha value is -0.130. The Morgan fingerprint density at radius 3 is 2.24 bits per heavy atom. The molecule has 1 aliphatic rings. The van der Waals surface area contributed by atoms with Gasteiger partial charge >= 0.3 is 29.6 Å². The van der Waals surface area contributed by atoms with Gasteiger partial charge in [0.2, 0.25) is 5.78 Å². The van der Waals surface area contributed by atoms with Crippen LogP contribution in [0.1, 0.15) is 77.6 Å². The van der Waals surface area contributed by atoms with Crippen molar-refractivity contribution in [2.24, 2.45) is 4.99 Å². The third kappa shape index (κ3) is 14.1. The number of unbranched alkanes of at least 4 members (excludes halogenated alkanes) is 9. The maximum absolute atomic E-state index is 12.8. The molecular weight excluding hydrogens is 455 g/mol. The summed E-state index contributed by atoms with van der Waals surface area (Å²) in [7, 11) is -4.58. The molecule has 2 unspecified atom stereocenters. The number of hydrogen-bond acceptors (Lipinski definition) is 7. The first-order chi connectivity index (χ1) is 15.2. The third-order valence-electron chi connectivity index (χ3n) is 5.98. The van der Waals surface area contributed by atoms with E-state index < -0.39 is 22.0 Å². The van der Waals surface area contributed by atoms with E-state index >= 15 is 0 Å². The molecule has 0 aromatic heterocycles. The molecule has 0 aromatic carbocycles. The number of allylic oxidation sites excluding steroid dienone is 2. The second-order valence-corrected chi connectivity index (χ2v) is 10.2. The molecular formula is C23H42N2NaO6S+. The van der Waals surface area contributed by atoms with Gasteiger partial charge in [-0.05, 0) is 26.2 Å². The smallest absolute Gasteiger partial charge is 0.748 e. The number of nitrogens with zero attached hydrogens (tertiary/aromatic N) is 2. The zero-order chi connectivity index (χ0) is 23.9. The van der Waals surface area contributed by atoms with Crippen molar-refractivity contribution in [3.05, 3.63) is 12.2 Å². The second-order valence-electron chi connectivity index (χ2n) is 8.79. The van der Waals surface area contributed by atoms with Crippen molar-refractivity contribution < 1.29 is 62.0 Å². The SMILES string of the molecule is C/C=C/CCCCCCCCCCCC(=O)C1=NCC[N+]1(CCO)CC(O)CS(=O)(=O)[O-].[Na+]. The van der Waals surface area contributed by atoms with Crippen LogP contribution in [0.15, 0.2) is 17.1 Å². The van der Waals surface area contributed by atoms with Crippen molar-refractivity contribution in [1.82, 2.24) is 0 Å². The van der Waals surface area contributed by atoms with E-state index in [1.807, 2.05) is 0 Å². The van der Waals surface area contributed by atoms with Gasteiger partial charge in [0.15, 0.2) is 0 Å². The van der Waals surface area contributed by atoms with Crippen molar-refractivity contribution in [1.29, 1.82) is 0 Å². The molecule has 8 nitrogen and oxygen atoms in total. The number of Topliss-reactive ketones (excluding diaryl/α,β-unsaturated/α-hetero) is 1. The fourth-order valence-corrected chi connectivity index (χ4v) is 4.97. The first-order valence-corrected chi connectivity index (χ1v) is 13.6. The molecule has 0 aliphatic carbocycles. The number of carbonyl (C=O) groups is 1. The van der Waals surface area contributed by atoms with Crippen LogP contribution in [-0.2, 0) is 14.9 Å². The van der Waals surface area contributed by atoms with Crippen LogP contribution in [0.4, 0.5) is 0 Å². The largest absolute Gasteiger partial charge is 1.00 e. The predicted octanol–water partition coefficient (Wildman–Crippen LogP) is -0.446. The van der Waals surface area contributed by atoms with Crippen molar-refractivity contribution in [3.8, 4) is 0 Å². The minimum Gasteiger partial charge on any atom is -0.748 e. The molecule has 0 aromatic rings. The fraction of sp³-hybridized carbons (Fsp3) is 0.826. The summed E-state index contributed by atoms with van der Waals surface area (Å²) in [6.07, 6.45) is 14.7. The van der Waals surface area contributed by atoms with Crippen LogP contribution in [0.25, 0.3) is 0 Å². The number of rotatable bonds is 19. The standard InChI is InChI=1S/C23H42N2O6S.Na/c1-2-3-4-5-6-7-8-9-10-11-12-13-14-22(28)23-24-15-16-25(23,17-18-26)19-21(27)20-32(29,30)31;/h2-3,21,26-27H,4-20H2,1H3;/q;+1/b3-2+;. The van der Waals surface area contributed by atoms with Crippen LogP contribution in [-0.4, -0.2) is 83.9 Å². The Labute approximate surface area is 222 Å². The first kappa shape index (κ1) is 32.9. The average molecular weight is 498 g/mol. The average Bonchev–Trinajstić information content (AvgIpc) is 3.10. The summed E-state index contributed by atoms with van der Waals surface area (Å²) in [5.74, 6) is -0.732. The van der Waals surface area contributed by atoms with Crippen molar-refractivity contribution >= 4 is 21.7 Å². The number of amidine groups is 1. The van der Waals surface area contributed by atoms with E-state index in [1.54, 1.807) is 0 Å². The Bertz CT molecular complexity index is 714. The molecule has 33 heavy (non-hydrogen) atoms. The summed E-state index contributed by atoms with van der Waals surface area (Å²) in [4.78, 5) is 17.1. The summed E-state index contributed by atoms with van der Waals surface area (Å²) >= 11 is 0. The first-order valence-electron chi connectivity index (χ1n) is 12.0. The van der Waals surface area contributed by atoms with Gasteiger partial charge in [-0.3, -0.25) is 9.28 Å². The number of carbonyl (C=O) groups excluding carboxylic acids is 1. The Morgan fingerprint density at radius 1 is 1.12 bits per heavy atom. The van der Waals surface area contributed by atoms with Crippen molar-refractivity contribution in [2.75, 3.05) is 38.5 Å². The molecule has 0 spiro atoms. The van der Waals surface area contributed by atoms with E-state index in [1.165, 1.54) is 44.9 Å². The molecule has 0 radical (unpaired) electrons. The number of aliphatic hydroxyl groups is 2. The van der Waals surface area contributed by atoms with Crippen LogP contribution < -0.4 is 29.6 Å². The van der Waals surface area contributed by atoms with E-state index in [9.17, 15) is 28.0 Å². The van der Waals surface area contributed by atoms with Gasteiger partial charge in [-0.15, -0.1) is 0 Å². The third-order valence-corrected chi connectivity index (χ3v) is 6.78. The molecule has 0 fully saturated rings. The number of quaternary nitrogens is 1. The zero-order valence-corrected chi connectivity index (χ0v) is 23.4. The maximum atomic E-state index is 12.8. The number of ketones is 1. The molecule has 1 heterocycles. The minimum absolute atomic E-state index is 0. The van der Waals surface area contributed by atoms with Crippen molar-refractivity contribution in [2.45, 2.75) is 83.7 Å². The van der Waals surface area contributed by atoms with E-state index in [-0.39, 0.29) is 59.5 Å². The van der Waals surface area contributed by atoms with Crippen LogP contribution in [0.5, 0.6) is 0 Å². The molecule has 186 valence electrons. The zero-order valence-electron chi connectivity index (χ0n) is 20.6. The van der Waals surface area contributed by atoms with E-state index in [0.717, 1.165) is 19.3 Å². The molecule has 0 saturated heterocycles. The summed E-state index contributed by atoms with van der Waals surface area (Å²) in [6.45, 7) is 2.67. The number of aliphatic hydroxyl groups excluding tert-OH is 2. The second kappa shape index (κ2) is 18.2. The topological polar surface area (TPSA) is 127 Å². The fourth-order valence-electron chi connectivity index (χ4n) is 4.39. The molecule has 0 bridgehead atoms. The molecule has 10 heteroatoms. The summed E-state index contributed by atoms with van der Waals surface area (Å²) in [6, 6.07) is 0. The molecule has 2 atom stereocenters. The number of hydrogen-bond donors (Lipinski definition) is 2. The van der Waals surface area contributed by atoms with Gasteiger partial charge in [-0.1, -0.05) is 57.1 Å². The van der Waals surface area contributed by atoms with Crippen LogP contribution >= 0.6 is 0 Å². The maximum Gasteiger partial charge on any atom is 1.00 e. The van der Waals surface area contributed by atoms with Gasteiger partial charge in [-0.25, -0.2) is 13.4 Å². The van der Waals surface area contributed by atoms with Gasteiger partial charge in [0.1, 0.15) is 25.7 Å². The molecule has 0 amide bonds. The molecule has 1 rings (SSSR count). The summed E-state index contributed by atoms with van der Waals surface area (Å²) in [5, 5.41) is 19.6. The van der Waals surface area contributed by atoms with Gasteiger partial charge in [-0.2, -0.15) is 0 Å². The van der Waals surface area contributed by atoms with E-state index in [2.05, 4.69) is 24.1 Å². The van der Waals surface area contributed by atoms with Gasteiger partial charge in [0, 0.05) is 6.42 Å². The predicted molar refractivity (Wildman–Crippen MR) is 125 cm³/mol. The quantitative estimate of drug-likeness (QED) is 0.0819. The minimum atomic E-state index is -4.58. The van der Waals surface area contributed by atoms with Gasteiger partial charge < -0.3 is 14.8 Å². The van der Waals surface area contributed by atoms with E-state index in [0.29, 0.717) is 25.3 Å². The Morgan fingerprint density at radius 2 is 1.70 bits per heavy atom. The van der Waals surface area contributed by atoms with Crippen molar-refractivity contribution in [3.63, 3.8) is 0 Å². The summed E-state index contributed by atoms with van der Waals surface area (Å²) < 4.78 is 32.8. The Balaban J connectivity index is 0.0000102. The van der Waals surface area contributed by atoms with E-state index in [4.69, 9.17) is 0 Å². The van der Waals surface area contributed by atoms with Crippen LogP contribution in [0.2, 0.25) is 0 Å².